The van der Waals surface area contributed by atoms with E-state index < -0.39 is 0 Å². The van der Waals surface area contributed by atoms with Gasteiger partial charge in [0.05, 0.1) is 0 Å². The Morgan fingerprint density at radius 1 is 1.27 bits per heavy atom. The zero-order chi connectivity index (χ0) is 21.1. The molecule has 5 rings (SSSR count). The van der Waals surface area contributed by atoms with E-state index in [0.29, 0.717) is 23.9 Å². The second-order valence-electron chi connectivity index (χ2n) is 10.2. The first-order valence-corrected chi connectivity index (χ1v) is 11.6. The van der Waals surface area contributed by atoms with Gasteiger partial charge in [-0.15, -0.1) is 0 Å². The third-order valence-corrected chi connectivity index (χ3v) is 8.97. The highest BCUT2D eigenvalue weighted by molar-refractivity contribution is 7.80. The van der Waals surface area contributed by atoms with Gasteiger partial charge < -0.3 is 10.5 Å². The predicted molar refractivity (Wildman–Crippen MR) is 122 cm³/mol. The van der Waals surface area contributed by atoms with Crippen molar-refractivity contribution in [2.45, 2.75) is 58.8 Å². The number of nitrogens with two attached hydrogens (primary N) is 1. The molecule has 5 nitrogen and oxygen atoms in total. The van der Waals surface area contributed by atoms with E-state index in [2.05, 4.69) is 36.5 Å². The Morgan fingerprint density at radius 3 is 2.83 bits per heavy atom. The van der Waals surface area contributed by atoms with E-state index in [1.807, 2.05) is 0 Å². The van der Waals surface area contributed by atoms with Gasteiger partial charge in [0.15, 0.2) is 5.11 Å². The van der Waals surface area contributed by atoms with E-state index in [0.717, 1.165) is 30.8 Å². The Balaban J connectivity index is 1.36. The number of hydrazone groups is 1. The molecule has 5 atom stereocenters. The minimum atomic E-state index is -0.200. The smallest absolute Gasteiger partial charge is 0.331 e. The molecular weight excluding hydrogens is 394 g/mol. The van der Waals surface area contributed by atoms with Crippen LogP contribution in [-0.4, -0.2) is 23.4 Å². The number of carbonyl (C=O) groups is 1. The number of nitrogens with zero attached hydrogens (tertiary/aromatic N) is 1. The van der Waals surface area contributed by atoms with Gasteiger partial charge >= 0.3 is 5.97 Å². The van der Waals surface area contributed by atoms with Crippen LogP contribution in [0.25, 0.3) is 0 Å². The summed E-state index contributed by atoms with van der Waals surface area (Å²) in [7, 11) is 0. The van der Waals surface area contributed by atoms with Gasteiger partial charge in [0.2, 0.25) is 0 Å². The predicted octanol–water partition coefficient (Wildman–Crippen LogP) is 4.16. The van der Waals surface area contributed by atoms with Gasteiger partial charge in [-0.05, 0) is 85.9 Å². The quantitative estimate of drug-likeness (QED) is 0.395. The van der Waals surface area contributed by atoms with Crippen molar-refractivity contribution in [1.29, 1.82) is 0 Å². The lowest BCUT2D eigenvalue weighted by Crippen LogP contribution is -2.51. The number of cyclic esters (lactones) is 1. The van der Waals surface area contributed by atoms with E-state index in [9.17, 15) is 4.79 Å². The molecule has 3 saturated carbocycles. The molecule has 0 amide bonds. The summed E-state index contributed by atoms with van der Waals surface area (Å²) < 4.78 is 5.21. The Morgan fingerprint density at radius 2 is 2.10 bits per heavy atom. The van der Waals surface area contributed by atoms with Crippen molar-refractivity contribution < 1.29 is 9.53 Å². The van der Waals surface area contributed by atoms with Crippen LogP contribution in [0, 0.1) is 28.6 Å². The Bertz CT molecular complexity index is 933. The highest BCUT2D eigenvalue weighted by Crippen LogP contribution is 2.65. The lowest BCUT2D eigenvalue weighted by atomic mass is 9.46. The number of hydrogen-bond acceptors (Lipinski definition) is 4. The molecule has 4 aliphatic carbocycles. The minimum Gasteiger partial charge on any atom is -0.458 e. The Kier molecular flexibility index (Phi) is 4.69. The summed E-state index contributed by atoms with van der Waals surface area (Å²) in [4.78, 5) is 11.6. The topological polar surface area (TPSA) is 76.7 Å². The summed E-state index contributed by atoms with van der Waals surface area (Å²) >= 11 is 4.90. The van der Waals surface area contributed by atoms with Crippen molar-refractivity contribution in [3.8, 4) is 0 Å². The molecule has 0 aromatic rings. The van der Waals surface area contributed by atoms with Gasteiger partial charge in [0.1, 0.15) is 6.61 Å². The number of hydrogen-bond donors (Lipinski definition) is 2. The normalized spacial score (nSPS) is 41.1. The fourth-order valence-corrected chi connectivity index (χ4v) is 7.33. The van der Waals surface area contributed by atoms with Gasteiger partial charge in [0.25, 0.3) is 0 Å². The second-order valence-corrected chi connectivity index (χ2v) is 10.6. The van der Waals surface area contributed by atoms with Crippen molar-refractivity contribution in [1.82, 2.24) is 5.43 Å². The molecule has 160 valence electrons. The van der Waals surface area contributed by atoms with E-state index >= 15 is 0 Å². The van der Waals surface area contributed by atoms with E-state index in [1.54, 1.807) is 11.6 Å². The number of ether oxygens (including phenoxy) is 1. The number of rotatable bonds is 2. The zero-order valence-electron chi connectivity index (χ0n) is 17.9. The number of fused-ring (bicyclic) bond motifs is 5. The molecule has 2 unspecified atom stereocenters. The SMILES string of the molecule is C[C@]12CC[C@H]3C(CCC4C/C(=N/NC(N)=S)CC[C@@]43C)C1=CC=C2C1=CC(=O)OC1. The maximum atomic E-state index is 11.6. The van der Waals surface area contributed by atoms with Crippen molar-refractivity contribution in [2.24, 2.45) is 39.4 Å². The monoisotopic (exact) mass is 425 g/mol. The molecule has 0 radical (unpaired) electrons. The molecule has 1 heterocycles. The summed E-state index contributed by atoms with van der Waals surface area (Å²) in [5.74, 6) is 1.85. The fraction of sp³-hybridized carbons (Fsp3) is 0.625. The van der Waals surface area contributed by atoms with Crippen LogP contribution in [0.3, 0.4) is 0 Å². The van der Waals surface area contributed by atoms with Gasteiger partial charge in [0, 0.05) is 22.8 Å². The largest absolute Gasteiger partial charge is 0.458 e. The second kappa shape index (κ2) is 7.04. The number of nitrogens with one attached hydrogen (secondary N) is 1. The molecule has 0 spiro atoms. The van der Waals surface area contributed by atoms with E-state index in [4.69, 9.17) is 22.7 Å². The number of esters is 1. The Labute approximate surface area is 183 Å². The maximum Gasteiger partial charge on any atom is 0.331 e. The van der Waals surface area contributed by atoms with Crippen molar-refractivity contribution >= 4 is 29.0 Å². The van der Waals surface area contributed by atoms with Crippen molar-refractivity contribution in [3.63, 3.8) is 0 Å². The van der Waals surface area contributed by atoms with Crippen molar-refractivity contribution in [2.75, 3.05) is 6.61 Å². The van der Waals surface area contributed by atoms with Crippen LogP contribution in [-0.2, 0) is 9.53 Å². The van der Waals surface area contributed by atoms with Gasteiger partial charge in [-0.3, -0.25) is 5.43 Å². The standard InChI is InChI=1S/C24H31N3O2S/c1-23-9-7-16(26-27-22(25)30)12-15(23)3-4-17-19-6-5-18(14-11-21(28)29-13-14)24(19,2)10-8-20(17)23/h5-6,11,15,17,20H,3-4,7-10,12-13H2,1-2H3,(H3,25,27,30)/b26-16+/t15?,17?,20-,23-,24+/m0/s1. The molecule has 0 bridgehead atoms. The molecule has 3 N–H and O–H groups in total. The highest BCUT2D eigenvalue weighted by Gasteiger charge is 2.56. The van der Waals surface area contributed by atoms with Crippen LogP contribution in [0.2, 0.25) is 0 Å². The van der Waals surface area contributed by atoms with Crippen LogP contribution < -0.4 is 11.2 Å². The number of allylic oxidation sites excluding steroid dienone is 3. The highest BCUT2D eigenvalue weighted by atomic mass is 32.1. The third-order valence-electron chi connectivity index (χ3n) is 8.87. The molecule has 3 fully saturated rings. The molecule has 0 saturated heterocycles. The maximum absolute atomic E-state index is 11.6. The zero-order valence-corrected chi connectivity index (χ0v) is 18.7. The third kappa shape index (κ3) is 2.98. The number of carbonyl (C=O) groups excluding carboxylic acids is 1. The molecule has 1 aliphatic heterocycles. The summed E-state index contributed by atoms with van der Waals surface area (Å²) in [6, 6.07) is 0. The number of thiocarbonyl (C=S) groups is 1. The van der Waals surface area contributed by atoms with Gasteiger partial charge in [-0.25, -0.2) is 4.79 Å². The molecule has 0 aromatic heterocycles. The first kappa shape index (κ1) is 20.0. The van der Waals surface area contributed by atoms with E-state index in [1.165, 1.54) is 37.0 Å². The average molecular weight is 426 g/mol. The van der Waals surface area contributed by atoms with Crippen LogP contribution >= 0.6 is 12.2 Å². The molecule has 0 aromatic carbocycles. The van der Waals surface area contributed by atoms with Crippen LogP contribution in [0.5, 0.6) is 0 Å². The summed E-state index contributed by atoms with van der Waals surface area (Å²) in [6.07, 6.45) is 14.5. The van der Waals surface area contributed by atoms with Crippen LogP contribution in [0.1, 0.15) is 58.8 Å². The molecule has 6 heteroatoms. The lowest BCUT2D eigenvalue weighted by molar-refractivity contribution is -0.134. The van der Waals surface area contributed by atoms with E-state index in [-0.39, 0.29) is 16.5 Å². The first-order chi connectivity index (χ1) is 14.3. The van der Waals surface area contributed by atoms with Gasteiger partial charge in [-0.1, -0.05) is 31.6 Å². The van der Waals surface area contributed by atoms with Crippen molar-refractivity contribution in [3.05, 3.63) is 34.9 Å². The summed E-state index contributed by atoms with van der Waals surface area (Å²) in [5, 5.41) is 4.71. The first-order valence-electron chi connectivity index (χ1n) is 11.2. The molecule has 30 heavy (non-hydrogen) atoms. The fourth-order valence-electron chi connectivity index (χ4n) is 7.28. The minimum absolute atomic E-state index is 0.0617. The summed E-state index contributed by atoms with van der Waals surface area (Å²) in [5.41, 5.74) is 14.0. The summed E-state index contributed by atoms with van der Waals surface area (Å²) in [6.45, 7) is 5.35. The average Bonchev–Trinajstić information content (AvgIpc) is 3.28. The van der Waals surface area contributed by atoms with Crippen LogP contribution in [0.4, 0.5) is 0 Å². The van der Waals surface area contributed by atoms with Crippen LogP contribution in [0.15, 0.2) is 40.0 Å². The van der Waals surface area contributed by atoms with Gasteiger partial charge in [-0.2, -0.15) is 5.10 Å². The lowest BCUT2D eigenvalue weighted by Gasteiger charge is -2.58. The molecule has 5 aliphatic rings. The molecular formula is C24H31N3O2S. The Hall–Kier alpha value is -1.95.